The zero-order valence-electron chi connectivity index (χ0n) is 15.2. The molecule has 0 spiro atoms. The second-order valence-electron chi connectivity index (χ2n) is 6.93. The minimum absolute atomic E-state index is 0.0219. The highest BCUT2D eigenvalue weighted by atomic mass is 16.2. The molecule has 1 heterocycles. The molecular formula is C20H28N4O2. The average molecular weight is 356 g/mol. The Morgan fingerprint density at radius 3 is 2.46 bits per heavy atom. The molecule has 0 bridgehead atoms. The number of amides is 2. The Morgan fingerprint density at radius 1 is 1.00 bits per heavy atom. The maximum Gasteiger partial charge on any atom is 0.241 e. The Labute approximate surface area is 155 Å². The SMILES string of the molecule is O=C(CCN1CCN(c2ccccc2)CC1)NNC(=O)C1CC=CCC1. The van der Waals surface area contributed by atoms with E-state index in [1.807, 2.05) is 12.1 Å². The number of carbonyl (C=O) groups excluding carboxylic acids is 2. The molecule has 1 aliphatic heterocycles. The second kappa shape index (κ2) is 9.38. The molecule has 26 heavy (non-hydrogen) atoms. The van der Waals surface area contributed by atoms with Gasteiger partial charge in [-0.05, 0) is 31.4 Å². The van der Waals surface area contributed by atoms with E-state index in [9.17, 15) is 9.59 Å². The van der Waals surface area contributed by atoms with Crippen LogP contribution in [0.3, 0.4) is 0 Å². The quantitative estimate of drug-likeness (QED) is 0.623. The summed E-state index contributed by atoms with van der Waals surface area (Å²) in [6.07, 6.45) is 7.07. The van der Waals surface area contributed by atoms with Crippen molar-refractivity contribution in [2.75, 3.05) is 37.6 Å². The van der Waals surface area contributed by atoms with Crippen LogP contribution in [0.15, 0.2) is 42.5 Å². The Bertz CT molecular complexity index is 624. The van der Waals surface area contributed by atoms with Gasteiger partial charge >= 0.3 is 0 Å². The van der Waals surface area contributed by atoms with Gasteiger partial charge in [0.05, 0.1) is 0 Å². The molecule has 1 fully saturated rings. The number of para-hydroxylation sites is 1. The molecule has 2 aliphatic rings. The maximum absolute atomic E-state index is 12.0. The summed E-state index contributed by atoms with van der Waals surface area (Å²) in [4.78, 5) is 28.7. The minimum atomic E-state index is -0.129. The van der Waals surface area contributed by atoms with Gasteiger partial charge in [0.1, 0.15) is 0 Å². The molecule has 1 aliphatic carbocycles. The lowest BCUT2D eigenvalue weighted by Gasteiger charge is -2.36. The fourth-order valence-electron chi connectivity index (χ4n) is 3.46. The lowest BCUT2D eigenvalue weighted by Crippen LogP contribution is -2.48. The predicted octanol–water partition coefficient (Wildman–Crippen LogP) is 1.70. The van der Waals surface area contributed by atoms with E-state index in [0.29, 0.717) is 6.42 Å². The van der Waals surface area contributed by atoms with Gasteiger partial charge in [0.2, 0.25) is 11.8 Å². The summed E-state index contributed by atoms with van der Waals surface area (Å²) in [5.74, 6) is -0.235. The van der Waals surface area contributed by atoms with Crippen molar-refractivity contribution in [3.05, 3.63) is 42.5 Å². The summed E-state index contributed by atoms with van der Waals surface area (Å²) < 4.78 is 0. The molecule has 0 saturated carbocycles. The van der Waals surface area contributed by atoms with Gasteiger partial charge in [-0.2, -0.15) is 0 Å². The van der Waals surface area contributed by atoms with E-state index in [-0.39, 0.29) is 17.7 Å². The lowest BCUT2D eigenvalue weighted by molar-refractivity contribution is -0.131. The highest BCUT2D eigenvalue weighted by Gasteiger charge is 2.20. The summed E-state index contributed by atoms with van der Waals surface area (Å²) in [6.45, 7) is 4.55. The van der Waals surface area contributed by atoms with Gasteiger partial charge in [0, 0.05) is 50.7 Å². The van der Waals surface area contributed by atoms with Crippen LogP contribution in [-0.2, 0) is 9.59 Å². The van der Waals surface area contributed by atoms with Gasteiger partial charge in [-0.15, -0.1) is 0 Å². The van der Waals surface area contributed by atoms with Crippen molar-refractivity contribution in [1.82, 2.24) is 15.8 Å². The van der Waals surface area contributed by atoms with Crippen molar-refractivity contribution in [2.45, 2.75) is 25.7 Å². The van der Waals surface area contributed by atoms with Gasteiger partial charge in [-0.1, -0.05) is 30.4 Å². The first-order valence-electron chi connectivity index (χ1n) is 9.48. The van der Waals surface area contributed by atoms with Crippen molar-refractivity contribution in [3.63, 3.8) is 0 Å². The Balaban J connectivity index is 1.31. The van der Waals surface area contributed by atoms with Gasteiger partial charge in [-0.25, -0.2) is 0 Å². The highest BCUT2D eigenvalue weighted by molar-refractivity contribution is 5.83. The molecule has 6 nitrogen and oxygen atoms in total. The first-order chi connectivity index (χ1) is 12.7. The number of piperazine rings is 1. The summed E-state index contributed by atoms with van der Waals surface area (Å²) in [6, 6.07) is 10.4. The number of carbonyl (C=O) groups is 2. The zero-order chi connectivity index (χ0) is 18.2. The monoisotopic (exact) mass is 356 g/mol. The van der Waals surface area contributed by atoms with Crippen molar-refractivity contribution >= 4 is 17.5 Å². The first-order valence-corrected chi connectivity index (χ1v) is 9.48. The predicted molar refractivity (Wildman–Crippen MR) is 102 cm³/mol. The molecule has 140 valence electrons. The van der Waals surface area contributed by atoms with E-state index >= 15 is 0 Å². The van der Waals surface area contributed by atoms with Crippen molar-refractivity contribution < 1.29 is 9.59 Å². The Hall–Kier alpha value is -2.34. The van der Waals surface area contributed by atoms with Crippen molar-refractivity contribution in [2.24, 2.45) is 5.92 Å². The topological polar surface area (TPSA) is 64.7 Å². The molecule has 0 radical (unpaired) electrons. The van der Waals surface area contributed by atoms with E-state index in [0.717, 1.165) is 52.0 Å². The average Bonchev–Trinajstić information content (AvgIpc) is 2.72. The van der Waals surface area contributed by atoms with E-state index in [2.05, 4.69) is 51.0 Å². The molecule has 1 saturated heterocycles. The van der Waals surface area contributed by atoms with Gasteiger partial charge < -0.3 is 4.90 Å². The number of rotatable bonds is 5. The van der Waals surface area contributed by atoms with Crippen LogP contribution in [0.5, 0.6) is 0 Å². The van der Waals surface area contributed by atoms with Crippen LogP contribution in [0.25, 0.3) is 0 Å². The van der Waals surface area contributed by atoms with Crippen LogP contribution in [0.1, 0.15) is 25.7 Å². The summed E-state index contributed by atoms with van der Waals surface area (Å²) in [5, 5.41) is 0. The van der Waals surface area contributed by atoms with E-state index in [1.165, 1.54) is 5.69 Å². The van der Waals surface area contributed by atoms with Crippen LogP contribution >= 0.6 is 0 Å². The number of hydrazine groups is 1. The lowest BCUT2D eigenvalue weighted by atomic mass is 9.94. The third-order valence-electron chi connectivity index (χ3n) is 5.11. The number of anilines is 1. The van der Waals surface area contributed by atoms with Gasteiger partial charge in [0.15, 0.2) is 0 Å². The molecule has 1 aromatic carbocycles. The summed E-state index contributed by atoms with van der Waals surface area (Å²) >= 11 is 0. The summed E-state index contributed by atoms with van der Waals surface area (Å²) in [5.41, 5.74) is 6.38. The van der Waals surface area contributed by atoms with Crippen molar-refractivity contribution in [3.8, 4) is 0 Å². The van der Waals surface area contributed by atoms with E-state index < -0.39 is 0 Å². The molecule has 3 rings (SSSR count). The number of hydrogen-bond donors (Lipinski definition) is 2. The maximum atomic E-state index is 12.0. The molecule has 2 amide bonds. The van der Waals surface area contributed by atoms with Crippen LogP contribution in [0.4, 0.5) is 5.69 Å². The fourth-order valence-corrected chi connectivity index (χ4v) is 3.46. The van der Waals surface area contributed by atoms with E-state index in [4.69, 9.17) is 0 Å². The summed E-state index contributed by atoms with van der Waals surface area (Å²) in [7, 11) is 0. The van der Waals surface area contributed by atoms with Crippen LogP contribution in [-0.4, -0.2) is 49.4 Å². The van der Waals surface area contributed by atoms with Crippen LogP contribution in [0.2, 0.25) is 0 Å². The van der Waals surface area contributed by atoms with Gasteiger partial charge in [-0.3, -0.25) is 25.3 Å². The third kappa shape index (κ3) is 5.33. The molecule has 0 aromatic heterocycles. The Kier molecular flexibility index (Phi) is 6.66. The van der Waals surface area contributed by atoms with Gasteiger partial charge in [0.25, 0.3) is 0 Å². The number of nitrogens with zero attached hydrogens (tertiary/aromatic N) is 2. The fraction of sp³-hybridized carbons (Fsp3) is 0.500. The minimum Gasteiger partial charge on any atom is -0.369 e. The van der Waals surface area contributed by atoms with Crippen LogP contribution < -0.4 is 15.8 Å². The molecule has 1 aromatic rings. The number of hydrogen-bond acceptors (Lipinski definition) is 4. The third-order valence-corrected chi connectivity index (χ3v) is 5.11. The second-order valence-corrected chi connectivity index (χ2v) is 6.93. The Morgan fingerprint density at radius 2 is 1.77 bits per heavy atom. The standard InChI is InChI=1S/C20H28N4O2/c25-19(21-22-20(26)17-7-3-1-4-8-17)11-12-23-13-15-24(16-14-23)18-9-5-2-6-10-18/h1-3,5-6,9-10,17H,4,7-8,11-16H2,(H,21,25)(H,22,26). The molecule has 2 N–H and O–H groups in total. The normalized spacial score (nSPS) is 20.6. The first kappa shape index (κ1) is 18.5. The molecule has 1 unspecified atom stereocenters. The molecular weight excluding hydrogens is 328 g/mol. The smallest absolute Gasteiger partial charge is 0.241 e. The molecule has 1 atom stereocenters. The van der Waals surface area contributed by atoms with Crippen LogP contribution in [0, 0.1) is 5.92 Å². The number of benzene rings is 1. The molecule has 6 heteroatoms. The number of allylic oxidation sites excluding steroid dienone is 2. The van der Waals surface area contributed by atoms with E-state index in [1.54, 1.807) is 0 Å². The number of nitrogens with one attached hydrogen (secondary N) is 2. The zero-order valence-corrected chi connectivity index (χ0v) is 15.2. The van der Waals surface area contributed by atoms with Crippen molar-refractivity contribution in [1.29, 1.82) is 0 Å². The highest BCUT2D eigenvalue weighted by Crippen LogP contribution is 2.18. The largest absolute Gasteiger partial charge is 0.369 e.